The van der Waals surface area contributed by atoms with E-state index in [1.54, 1.807) is 0 Å². The Kier molecular flexibility index (Phi) is 2.91. The molecule has 1 unspecified atom stereocenters. The number of likely N-dealkylation sites (N-methyl/N-ethyl adjacent to an activating group) is 1. The Bertz CT molecular complexity index is 219. The molecule has 5 atom stereocenters. The van der Waals surface area contributed by atoms with Crippen molar-refractivity contribution in [2.75, 3.05) is 20.7 Å². The molecule has 0 aromatic rings. The molecule has 1 aliphatic rings. The molecule has 6 nitrogen and oxygen atoms in total. The molecule has 0 radical (unpaired) electrons. The SMILES string of the molecule is [2H]CN(C[2H])[C@H]1C(O)O[C@H](CO)[C@@H](O)[C@@H]1O. The lowest BCUT2D eigenvalue weighted by Gasteiger charge is -2.42. The van der Waals surface area contributed by atoms with E-state index in [1.807, 2.05) is 0 Å². The van der Waals surface area contributed by atoms with Gasteiger partial charge in [-0.1, -0.05) is 0 Å². The Morgan fingerprint density at radius 3 is 2.43 bits per heavy atom. The predicted octanol–water partition coefficient (Wildman–Crippen LogP) is -2.65. The minimum atomic E-state index is -1.44. The highest BCUT2D eigenvalue weighted by Gasteiger charge is 2.44. The Morgan fingerprint density at radius 2 is 1.93 bits per heavy atom. The van der Waals surface area contributed by atoms with Crippen molar-refractivity contribution in [1.82, 2.24) is 4.90 Å². The van der Waals surface area contributed by atoms with Crippen LogP contribution in [-0.2, 0) is 4.74 Å². The van der Waals surface area contributed by atoms with Gasteiger partial charge in [0.05, 0.1) is 12.6 Å². The number of hydrogen-bond donors (Lipinski definition) is 4. The molecule has 1 heterocycles. The van der Waals surface area contributed by atoms with Crippen LogP contribution < -0.4 is 0 Å². The second kappa shape index (κ2) is 4.52. The van der Waals surface area contributed by atoms with Crippen LogP contribution in [0.2, 0.25) is 0 Å². The molecule has 0 spiro atoms. The Hall–Kier alpha value is -0.240. The van der Waals surface area contributed by atoms with Crippen LogP contribution in [0.5, 0.6) is 0 Å². The van der Waals surface area contributed by atoms with Gasteiger partial charge in [0.2, 0.25) is 0 Å². The van der Waals surface area contributed by atoms with Crippen LogP contribution in [0, 0.1) is 0 Å². The summed E-state index contributed by atoms with van der Waals surface area (Å²) in [7, 11) is -0.607. The minimum Gasteiger partial charge on any atom is -0.394 e. The van der Waals surface area contributed by atoms with Gasteiger partial charge in [0, 0.05) is 2.74 Å². The van der Waals surface area contributed by atoms with Crippen LogP contribution in [0.25, 0.3) is 0 Å². The van der Waals surface area contributed by atoms with Crippen LogP contribution in [-0.4, -0.2) is 76.6 Å². The van der Waals surface area contributed by atoms with Gasteiger partial charge in [-0.05, 0) is 14.0 Å². The highest BCUT2D eigenvalue weighted by Crippen LogP contribution is 2.22. The van der Waals surface area contributed by atoms with Gasteiger partial charge in [0.1, 0.15) is 18.3 Å². The van der Waals surface area contributed by atoms with Crippen molar-refractivity contribution >= 4 is 0 Å². The average Bonchev–Trinajstić information content (AvgIpc) is 2.29. The summed E-state index contributed by atoms with van der Waals surface area (Å²) in [6, 6.07) is -1.03. The quantitative estimate of drug-likeness (QED) is 0.397. The van der Waals surface area contributed by atoms with E-state index in [0.717, 1.165) is 4.90 Å². The second-order valence-corrected chi connectivity index (χ2v) is 3.31. The summed E-state index contributed by atoms with van der Waals surface area (Å²) >= 11 is 0. The molecule has 14 heavy (non-hydrogen) atoms. The number of ether oxygens (including phenoxy) is 1. The first-order valence-electron chi connectivity index (χ1n) is 5.61. The van der Waals surface area contributed by atoms with Gasteiger partial charge < -0.3 is 25.2 Å². The zero-order valence-electron chi connectivity index (χ0n) is 9.65. The molecule has 6 heteroatoms. The van der Waals surface area contributed by atoms with Crippen molar-refractivity contribution in [3.05, 3.63) is 0 Å². The second-order valence-electron chi connectivity index (χ2n) is 3.31. The van der Waals surface area contributed by atoms with Gasteiger partial charge in [-0.15, -0.1) is 0 Å². The summed E-state index contributed by atoms with van der Waals surface area (Å²) in [6.07, 6.45) is -5.21. The standard InChI is InChI=1S/C8H17NO5/c1-9(2)5-7(12)6(11)4(3-10)14-8(5)13/h4-8,10-13H,3H2,1-2H3/t4-,5-,6-,7-,8?/m1/s1/i1D,2D. The van der Waals surface area contributed by atoms with Gasteiger partial charge in [0.25, 0.3) is 0 Å². The lowest BCUT2D eigenvalue weighted by Crippen LogP contribution is -2.62. The molecule has 0 aromatic heterocycles. The van der Waals surface area contributed by atoms with Crippen molar-refractivity contribution in [2.24, 2.45) is 0 Å². The molecule has 0 saturated carbocycles. The van der Waals surface area contributed by atoms with E-state index < -0.39 is 37.3 Å². The van der Waals surface area contributed by atoms with E-state index in [1.165, 1.54) is 0 Å². The molecule has 1 aliphatic heterocycles. The predicted molar refractivity (Wildman–Crippen MR) is 47.5 cm³/mol. The molecule has 0 aromatic carbocycles. The monoisotopic (exact) mass is 209 g/mol. The van der Waals surface area contributed by atoms with Gasteiger partial charge in [-0.2, -0.15) is 0 Å². The highest BCUT2D eigenvalue weighted by molar-refractivity contribution is 4.92. The van der Waals surface area contributed by atoms with E-state index in [2.05, 4.69) is 0 Å². The number of nitrogens with zero attached hydrogens (tertiary/aromatic N) is 1. The number of aliphatic hydroxyl groups excluding tert-OH is 4. The third-order valence-corrected chi connectivity index (χ3v) is 2.29. The van der Waals surface area contributed by atoms with Gasteiger partial charge in [-0.3, -0.25) is 4.90 Å². The third-order valence-electron chi connectivity index (χ3n) is 2.29. The lowest BCUT2D eigenvalue weighted by atomic mass is 9.96. The summed E-state index contributed by atoms with van der Waals surface area (Å²) in [4.78, 5) is 1.14. The summed E-state index contributed by atoms with van der Waals surface area (Å²) < 4.78 is 19.2. The molecular weight excluding hydrogens is 190 g/mol. The fourth-order valence-corrected chi connectivity index (χ4v) is 1.48. The third kappa shape index (κ3) is 2.05. The number of rotatable bonds is 2. The van der Waals surface area contributed by atoms with Crippen LogP contribution in [0.3, 0.4) is 0 Å². The van der Waals surface area contributed by atoms with Crippen LogP contribution in [0.4, 0.5) is 0 Å². The molecule has 1 saturated heterocycles. The molecular formula is C8H17NO5. The first kappa shape index (κ1) is 9.02. The van der Waals surface area contributed by atoms with Crippen molar-refractivity contribution in [1.29, 1.82) is 0 Å². The molecule has 0 amide bonds. The maximum Gasteiger partial charge on any atom is 0.173 e. The topological polar surface area (TPSA) is 93.4 Å². The molecule has 0 bridgehead atoms. The van der Waals surface area contributed by atoms with Crippen molar-refractivity contribution in [3.8, 4) is 0 Å². The van der Waals surface area contributed by atoms with E-state index in [9.17, 15) is 15.3 Å². The first-order valence-corrected chi connectivity index (χ1v) is 4.19. The minimum absolute atomic E-state index is 0.303. The average molecular weight is 209 g/mol. The molecule has 1 rings (SSSR count). The van der Waals surface area contributed by atoms with E-state index in [-0.39, 0.29) is 14.0 Å². The summed E-state index contributed by atoms with van der Waals surface area (Å²) in [5.74, 6) is 0. The largest absolute Gasteiger partial charge is 0.394 e. The fraction of sp³-hybridized carbons (Fsp3) is 1.00. The number of hydrogen-bond acceptors (Lipinski definition) is 6. The van der Waals surface area contributed by atoms with Crippen LogP contribution in [0.15, 0.2) is 0 Å². The molecule has 1 fully saturated rings. The van der Waals surface area contributed by atoms with Crippen LogP contribution in [0.1, 0.15) is 2.74 Å². The maximum atomic E-state index is 9.73. The van der Waals surface area contributed by atoms with Crippen molar-refractivity contribution < 1.29 is 27.9 Å². The maximum absolute atomic E-state index is 9.73. The van der Waals surface area contributed by atoms with Gasteiger partial charge in [0.15, 0.2) is 6.29 Å². The van der Waals surface area contributed by atoms with Crippen molar-refractivity contribution in [3.63, 3.8) is 0 Å². The Balaban J connectivity index is 2.78. The van der Waals surface area contributed by atoms with E-state index >= 15 is 0 Å². The number of aliphatic hydroxyl groups is 4. The zero-order valence-corrected chi connectivity index (χ0v) is 7.65. The molecule has 84 valence electrons. The van der Waals surface area contributed by atoms with Crippen LogP contribution >= 0.6 is 0 Å². The summed E-state index contributed by atoms with van der Waals surface area (Å²) in [5, 5.41) is 37.7. The Labute approximate surface area is 85.1 Å². The lowest BCUT2D eigenvalue weighted by molar-refractivity contribution is -0.268. The molecule has 0 aliphatic carbocycles. The summed E-state index contributed by atoms with van der Waals surface area (Å²) in [6.45, 7) is -0.524. The Morgan fingerprint density at radius 1 is 1.29 bits per heavy atom. The highest BCUT2D eigenvalue weighted by atomic mass is 16.6. The normalized spacial score (nSPS) is 46.2. The smallest absolute Gasteiger partial charge is 0.173 e. The summed E-state index contributed by atoms with van der Waals surface area (Å²) in [5.41, 5.74) is 0. The van der Waals surface area contributed by atoms with Crippen molar-refractivity contribution in [2.45, 2.75) is 30.6 Å². The van der Waals surface area contributed by atoms with E-state index in [4.69, 9.17) is 12.6 Å². The van der Waals surface area contributed by atoms with E-state index in [0.29, 0.717) is 0 Å². The molecule has 4 N–H and O–H groups in total. The first-order chi connectivity index (χ1) is 7.56. The van der Waals surface area contributed by atoms with Gasteiger partial charge >= 0.3 is 0 Å². The van der Waals surface area contributed by atoms with Gasteiger partial charge in [-0.25, -0.2) is 0 Å². The fourth-order valence-electron chi connectivity index (χ4n) is 1.48. The zero-order chi connectivity index (χ0) is 12.3.